The van der Waals surface area contributed by atoms with Gasteiger partial charge >= 0.3 is 6.16 Å². The Labute approximate surface area is 56.3 Å². The van der Waals surface area contributed by atoms with Crippen molar-refractivity contribution in [1.82, 2.24) is 0 Å². The van der Waals surface area contributed by atoms with Crippen molar-refractivity contribution in [3.63, 3.8) is 0 Å². The minimum Gasteiger partial charge on any atom is -0.559 e. The molecule has 0 spiro atoms. The molecule has 4 nitrogen and oxygen atoms in total. The molecule has 0 aliphatic heterocycles. The fourth-order valence-electron chi connectivity index (χ4n) is 0.136. The fourth-order valence-corrected chi connectivity index (χ4v) is 0.408. The number of hydrogen-bond donors (Lipinski definition) is 2. The van der Waals surface area contributed by atoms with Gasteiger partial charge in [-0.25, -0.2) is 4.79 Å². The summed E-state index contributed by atoms with van der Waals surface area (Å²) in [5.74, 6) is 0. The zero-order valence-electron chi connectivity index (χ0n) is 5.37. The van der Waals surface area contributed by atoms with Crippen LogP contribution in [0.1, 0.15) is 6.92 Å². The zero-order valence-corrected chi connectivity index (χ0v) is 7.37. The molecule has 0 radical (unpaired) electrons. The molecule has 0 aromatic rings. The van der Waals surface area contributed by atoms with Gasteiger partial charge in [0.15, 0.2) is 0 Å². The maximum absolute atomic E-state index is 8.56. The Bertz CT molecular complexity index is 86.6. The lowest BCUT2D eigenvalue weighted by Crippen LogP contribution is -1.81. The molecule has 2 N–H and O–H groups in total. The van der Waals surface area contributed by atoms with Crippen LogP contribution in [0.15, 0.2) is 12.3 Å². The Hall–Kier alpha value is -0.973. The van der Waals surface area contributed by atoms with E-state index in [1.54, 1.807) is 6.26 Å². The van der Waals surface area contributed by atoms with E-state index < -0.39 is 6.16 Å². The smallest absolute Gasteiger partial charge is 0.503 e. The average molecular weight is 150 g/mol. The third-order valence-corrected chi connectivity index (χ3v) is 0.544. The van der Waals surface area contributed by atoms with Crippen LogP contribution in [0.2, 0.25) is 0 Å². The topological polar surface area (TPSA) is 66.8 Å². The second-order valence-corrected chi connectivity index (χ2v) is 1.46. The second-order valence-electron chi connectivity index (χ2n) is 0.988. The number of allylic oxidation sites excluding steroid dienone is 1. The van der Waals surface area contributed by atoms with Gasteiger partial charge in [-0.3, -0.25) is 0 Å². The van der Waals surface area contributed by atoms with Crippen molar-refractivity contribution >= 4 is 16.6 Å². The van der Waals surface area contributed by atoms with Crippen LogP contribution < -0.4 is 0 Å². The van der Waals surface area contributed by atoms with Gasteiger partial charge in [0.2, 0.25) is 10.5 Å². The standard InChI is InChI=1S/C3H8OSi.CH2O3/c1-2-3-4-5;2-1(3)4/h2-3H,1,5H3;(H2,2,3,4). The lowest BCUT2D eigenvalue weighted by atomic mass is 10.8. The first kappa shape index (κ1) is 10.9. The van der Waals surface area contributed by atoms with E-state index in [2.05, 4.69) is 4.43 Å². The van der Waals surface area contributed by atoms with Crippen molar-refractivity contribution < 1.29 is 19.4 Å². The maximum Gasteiger partial charge on any atom is 0.503 e. The lowest BCUT2D eigenvalue weighted by molar-refractivity contribution is 0.137. The van der Waals surface area contributed by atoms with Crippen LogP contribution in [-0.4, -0.2) is 26.9 Å². The summed E-state index contributed by atoms with van der Waals surface area (Å²) in [5.41, 5.74) is 0. The fraction of sp³-hybridized carbons (Fsp3) is 0.250. The van der Waals surface area contributed by atoms with E-state index in [-0.39, 0.29) is 0 Å². The van der Waals surface area contributed by atoms with Crippen LogP contribution in [0, 0.1) is 0 Å². The summed E-state index contributed by atoms with van der Waals surface area (Å²) in [6, 6.07) is 0. The van der Waals surface area contributed by atoms with Crippen LogP contribution in [0.5, 0.6) is 0 Å². The van der Waals surface area contributed by atoms with E-state index >= 15 is 0 Å². The van der Waals surface area contributed by atoms with Gasteiger partial charge in [-0.15, -0.1) is 0 Å². The predicted molar refractivity (Wildman–Crippen MR) is 36.5 cm³/mol. The summed E-state index contributed by atoms with van der Waals surface area (Å²) in [6.45, 7) is 1.93. The Balaban J connectivity index is 0. The van der Waals surface area contributed by atoms with E-state index in [0.29, 0.717) is 0 Å². The summed E-state index contributed by atoms with van der Waals surface area (Å²) in [6.07, 6.45) is 1.72. The first-order valence-corrected chi connectivity index (χ1v) is 3.02. The molecule has 0 rings (SSSR count). The highest BCUT2D eigenvalue weighted by Crippen LogP contribution is 1.63. The van der Waals surface area contributed by atoms with Crippen LogP contribution in [0.4, 0.5) is 4.79 Å². The number of rotatable bonds is 1. The molecule has 0 aliphatic rings. The maximum atomic E-state index is 8.56. The lowest BCUT2D eigenvalue weighted by Gasteiger charge is -1.78. The molecule has 0 amide bonds. The predicted octanol–water partition coefficient (Wildman–Crippen LogP) is 0.0394. The Morgan fingerprint density at radius 1 is 1.67 bits per heavy atom. The minimum absolute atomic E-state index is 0.812. The largest absolute Gasteiger partial charge is 0.559 e. The number of carbonyl (C=O) groups is 1. The van der Waals surface area contributed by atoms with E-state index in [0.717, 1.165) is 10.5 Å². The Morgan fingerprint density at radius 2 is 2.00 bits per heavy atom. The van der Waals surface area contributed by atoms with Crippen molar-refractivity contribution in [3.8, 4) is 0 Å². The van der Waals surface area contributed by atoms with Gasteiger partial charge < -0.3 is 14.6 Å². The summed E-state index contributed by atoms with van der Waals surface area (Å²) in [4.78, 5) is 8.56. The molecular formula is C4H10O4Si. The van der Waals surface area contributed by atoms with Crippen molar-refractivity contribution in [3.05, 3.63) is 12.3 Å². The highest BCUT2D eigenvalue weighted by molar-refractivity contribution is 5.98. The van der Waals surface area contributed by atoms with Gasteiger partial charge in [0, 0.05) is 0 Å². The molecule has 9 heavy (non-hydrogen) atoms. The molecule has 0 fully saturated rings. The first-order valence-electron chi connectivity index (χ1n) is 2.21. The molecule has 5 heteroatoms. The third-order valence-electron chi connectivity index (χ3n) is 0.272. The quantitative estimate of drug-likeness (QED) is 0.409. The molecule has 0 atom stereocenters. The average Bonchev–Trinajstić information content (AvgIpc) is 1.66. The van der Waals surface area contributed by atoms with Gasteiger partial charge in [0.25, 0.3) is 0 Å². The second kappa shape index (κ2) is 10.1. The summed E-state index contributed by atoms with van der Waals surface area (Å²) in [5, 5.41) is 13.9. The highest BCUT2D eigenvalue weighted by atomic mass is 28.2. The van der Waals surface area contributed by atoms with Crippen LogP contribution >= 0.6 is 0 Å². The molecule has 0 aromatic heterocycles. The molecule has 0 heterocycles. The highest BCUT2D eigenvalue weighted by Gasteiger charge is 1.70. The summed E-state index contributed by atoms with van der Waals surface area (Å²) in [7, 11) is 0.812. The van der Waals surface area contributed by atoms with Crippen LogP contribution in [0.25, 0.3) is 0 Å². The van der Waals surface area contributed by atoms with Gasteiger partial charge in [-0.2, -0.15) is 0 Å². The molecule has 0 unspecified atom stereocenters. The Kier molecular flexibility index (Phi) is 12.2. The summed E-state index contributed by atoms with van der Waals surface area (Å²) < 4.78 is 4.65. The number of carboxylic acid groups (broad SMARTS) is 2. The van der Waals surface area contributed by atoms with E-state index in [1.807, 2.05) is 13.0 Å². The molecule has 0 bridgehead atoms. The molecule has 0 saturated carbocycles. The monoisotopic (exact) mass is 150 g/mol. The van der Waals surface area contributed by atoms with Crippen molar-refractivity contribution in [1.29, 1.82) is 0 Å². The van der Waals surface area contributed by atoms with Crippen molar-refractivity contribution in [2.45, 2.75) is 6.92 Å². The SMILES string of the molecule is CC=CO[SiH3].O=C(O)O. The van der Waals surface area contributed by atoms with E-state index in [4.69, 9.17) is 15.0 Å². The molecule has 54 valence electrons. The van der Waals surface area contributed by atoms with E-state index in [1.165, 1.54) is 0 Å². The molecule has 0 saturated heterocycles. The minimum atomic E-state index is -1.83. The normalized spacial score (nSPS) is 8.11. The van der Waals surface area contributed by atoms with Crippen molar-refractivity contribution in [2.24, 2.45) is 0 Å². The third kappa shape index (κ3) is 168. The van der Waals surface area contributed by atoms with Crippen LogP contribution in [0.3, 0.4) is 0 Å². The molecule has 0 aromatic carbocycles. The van der Waals surface area contributed by atoms with Gasteiger partial charge in [-0.1, -0.05) is 6.08 Å². The first-order chi connectivity index (χ1) is 4.15. The zero-order chi connectivity index (χ0) is 7.70. The van der Waals surface area contributed by atoms with Gasteiger partial charge in [0.1, 0.15) is 0 Å². The van der Waals surface area contributed by atoms with Gasteiger partial charge in [-0.05, 0) is 6.92 Å². The van der Waals surface area contributed by atoms with Crippen LogP contribution in [-0.2, 0) is 4.43 Å². The Morgan fingerprint density at radius 3 is 2.00 bits per heavy atom. The van der Waals surface area contributed by atoms with Gasteiger partial charge in [0.05, 0.1) is 6.26 Å². The molecular weight excluding hydrogens is 140 g/mol. The van der Waals surface area contributed by atoms with E-state index in [9.17, 15) is 0 Å². The molecule has 0 aliphatic carbocycles. The van der Waals surface area contributed by atoms with Crippen molar-refractivity contribution in [2.75, 3.05) is 0 Å². The number of hydrogen-bond acceptors (Lipinski definition) is 2. The summed E-state index contributed by atoms with van der Waals surface area (Å²) >= 11 is 0.